The van der Waals surface area contributed by atoms with Gasteiger partial charge in [-0.1, -0.05) is 5.21 Å². The molecule has 0 spiro atoms. The molecule has 1 aliphatic rings. The van der Waals surface area contributed by atoms with Gasteiger partial charge in [0.15, 0.2) is 5.65 Å². The van der Waals surface area contributed by atoms with Crippen LogP contribution in [0.4, 0.5) is 0 Å². The molecule has 0 radical (unpaired) electrons. The van der Waals surface area contributed by atoms with Crippen molar-refractivity contribution in [3.05, 3.63) is 17.8 Å². The van der Waals surface area contributed by atoms with Crippen molar-refractivity contribution >= 4 is 17.1 Å². The van der Waals surface area contributed by atoms with E-state index in [2.05, 4.69) is 15.3 Å². The van der Waals surface area contributed by atoms with Crippen molar-refractivity contribution in [1.29, 1.82) is 0 Å². The molecule has 0 aromatic carbocycles. The average molecular weight is 204 g/mol. The molecule has 2 aromatic heterocycles. The number of aromatic carboxylic acids is 1. The third-order valence-electron chi connectivity index (χ3n) is 2.45. The van der Waals surface area contributed by atoms with E-state index in [-0.39, 0.29) is 5.56 Å². The highest BCUT2D eigenvalue weighted by atomic mass is 16.4. The summed E-state index contributed by atoms with van der Waals surface area (Å²) in [6, 6.07) is 1.90. The summed E-state index contributed by atoms with van der Waals surface area (Å²) in [6.07, 6.45) is 3.54. The Morgan fingerprint density at radius 1 is 1.53 bits per heavy atom. The third-order valence-corrected chi connectivity index (χ3v) is 2.45. The largest absolute Gasteiger partial charge is 0.478 e. The van der Waals surface area contributed by atoms with Gasteiger partial charge in [-0.05, 0) is 18.9 Å². The summed E-state index contributed by atoms with van der Waals surface area (Å²) in [7, 11) is 0. The molecule has 15 heavy (non-hydrogen) atoms. The summed E-state index contributed by atoms with van der Waals surface area (Å²) < 4.78 is 1.76. The Morgan fingerprint density at radius 2 is 2.33 bits per heavy atom. The van der Waals surface area contributed by atoms with E-state index in [1.165, 1.54) is 12.3 Å². The van der Waals surface area contributed by atoms with Crippen LogP contribution in [0.15, 0.2) is 12.3 Å². The van der Waals surface area contributed by atoms with E-state index in [1.807, 2.05) is 0 Å². The van der Waals surface area contributed by atoms with E-state index < -0.39 is 5.97 Å². The molecule has 1 fully saturated rings. The number of nitrogens with zero attached hydrogens (tertiary/aromatic N) is 4. The Labute approximate surface area is 84.5 Å². The number of carbonyl (C=O) groups is 1. The van der Waals surface area contributed by atoms with Crippen LogP contribution in [0, 0.1) is 0 Å². The highest BCUT2D eigenvalue weighted by Crippen LogP contribution is 2.35. The normalized spacial score (nSPS) is 15.7. The Morgan fingerprint density at radius 3 is 3.00 bits per heavy atom. The monoisotopic (exact) mass is 204 g/mol. The van der Waals surface area contributed by atoms with E-state index in [9.17, 15) is 4.79 Å². The Bertz CT molecular complexity index is 544. The van der Waals surface area contributed by atoms with Crippen LogP contribution in [-0.4, -0.2) is 31.1 Å². The number of pyridine rings is 1. The van der Waals surface area contributed by atoms with Crippen molar-refractivity contribution in [3.63, 3.8) is 0 Å². The molecule has 1 aliphatic carbocycles. The van der Waals surface area contributed by atoms with Crippen molar-refractivity contribution < 1.29 is 9.90 Å². The maximum absolute atomic E-state index is 10.7. The molecular formula is C9H8N4O2. The second-order valence-electron chi connectivity index (χ2n) is 3.64. The summed E-state index contributed by atoms with van der Waals surface area (Å²) in [5.74, 6) is -0.995. The first kappa shape index (κ1) is 8.34. The Balaban J connectivity index is 2.17. The number of carboxylic acid groups (broad SMARTS) is 1. The van der Waals surface area contributed by atoms with Crippen LogP contribution in [0.2, 0.25) is 0 Å². The van der Waals surface area contributed by atoms with Crippen LogP contribution >= 0.6 is 0 Å². The van der Waals surface area contributed by atoms with Gasteiger partial charge in [-0.3, -0.25) is 0 Å². The van der Waals surface area contributed by atoms with E-state index in [4.69, 9.17) is 5.11 Å². The first-order chi connectivity index (χ1) is 7.25. The minimum absolute atomic E-state index is 0.144. The lowest BCUT2D eigenvalue weighted by Crippen LogP contribution is -2.00. The molecular weight excluding hydrogens is 196 g/mol. The minimum atomic E-state index is -0.995. The molecule has 3 rings (SSSR count). The quantitative estimate of drug-likeness (QED) is 0.784. The van der Waals surface area contributed by atoms with Gasteiger partial charge in [-0.2, -0.15) is 0 Å². The van der Waals surface area contributed by atoms with Crippen LogP contribution in [0.3, 0.4) is 0 Å². The Hall–Kier alpha value is -1.98. The van der Waals surface area contributed by atoms with E-state index in [1.54, 1.807) is 4.68 Å². The Kier molecular flexibility index (Phi) is 1.53. The number of aromatic nitrogens is 4. The molecule has 0 saturated heterocycles. The number of carboxylic acids is 1. The lowest BCUT2D eigenvalue weighted by atomic mass is 10.3. The van der Waals surface area contributed by atoms with Gasteiger partial charge < -0.3 is 5.11 Å². The molecule has 76 valence electrons. The van der Waals surface area contributed by atoms with Gasteiger partial charge in [0.1, 0.15) is 5.52 Å². The molecule has 0 atom stereocenters. The van der Waals surface area contributed by atoms with Crippen molar-refractivity contribution in [3.8, 4) is 0 Å². The third kappa shape index (κ3) is 1.25. The predicted molar refractivity (Wildman–Crippen MR) is 50.6 cm³/mol. The summed E-state index contributed by atoms with van der Waals surface area (Å²) in [4.78, 5) is 14.8. The fourth-order valence-corrected chi connectivity index (χ4v) is 1.52. The lowest BCUT2D eigenvalue weighted by molar-refractivity contribution is 0.0696. The molecule has 1 saturated carbocycles. The fourth-order valence-electron chi connectivity index (χ4n) is 1.52. The van der Waals surface area contributed by atoms with Crippen LogP contribution in [0.1, 0.15) is 29.2 Å². The minimum Gasteiger partial charge on any atom is -0.478 e. The van der Waals surface area contributed by atoms with Gasteiger partial charge in [0, 0.05) is 6.20 Å². The molecule has 2 aromatic rings. The molecule has 0 amide bonds. The van der Waals surface area contributed by atoms with Crippen molar-refractivity contribution in [2.75, 3.05) is 0 Å². The summed E-state index contributed by atoms with van der Waals surface area (Å²) in [6.45, 7) is 0. The lowest BCUT2D eigenvalue weighted by Gasteiger charge is -1.97. The van der Waals surface area contributed by atoms with Gasteiger partial charge in [0.05, 0.1) is 11.6 Å². The maximum Gasteiger partial charge on any atom is 0.337 e. The van der Waals surface area contributed by atoms with E-state index >= 15 is 0 Å². The number of rotatable bonds is 2. The zero-order valence-electron chi connectivity index (χ0n) is 7.79. The van der Waals surface area contributed by atoms with Gasteiger partial charge in [-0.25, -0.2) is 14.5 Å². The standard InChI is InChI=1S/C9H8N4O2/c14-9(15)5-3-7-8(10-4-5)13(12-11-7)6-1-2-6/h3-4,6H,1-2H2,(H,14,15). The first-order valence-electron chi connectivity index (χ1n) is 4.70. The predicted octanol–water partition coefficient (Wildman–Crippen LogP) is 0.859. The number of hydrogen-bond donors (Lipinski definition) is 1. The van der Waals surface area contributed by atoms with Crippen LogP contribution in [0.25, 0.3) is 11.2 Å². The fraction of sp³-hybridized carbons (Fsp3) is 0.333. The topological polar surface area (TPSA) is 80.9 Å². The first-order valence-corrected chi connectivity index (χ1v) is 4.70. The highest BCUT2D eigenvalue weighted by Gasteiger charge is 2.27. The van der Waals surface area contributed by atoms with E-state index in [0.717, 1.165) is 12.8 Å². The molecule has 0 bridgehead atoms. The SMILES string of the molecule is O=C(O)c1cnc2c(c1)nnn2C1CC1. The van der Waals surface area contributed by atoms with Gasteiger partial charge in [-0.15, -0.1) is 5.10 Å². The second kappa shape index (κ2) is 2.75. The molecule has 6 nitrogen and oxygen atoms in total. The number of fused-ring (bicyclic) bond motifs is 1. The maximum atomic E-state index is 10.7. The van der Waals surface area contributed by atoms with E-state index in [0.29, 0.717) is 17.2 Å². The van der Waals surface area contributed by atoms with Crippen LogP contribution in [-0.2, 0) is 0 Å². The van der Waals surface area contributed by atoms with Crippen molar-refractivity contribution in [2.45, 2.75) is 18.9 Å². The molecule has 2 heterocycles. The summed E-state index contributed by atoms with van der Waals surface area (Å²) in [5, 5.41) is 16.7. The van der Waals surface area contributed by atoms with Crippen molar-refractivity contribution in [1.82, 2.24) is 20.0 Å². The smallest absolute Gasteiger partial charge is 0.337 e. The second-order valence-corrected chi connectivity index (χ2v) is 3.64. The highest BCUT2D eigenvalue weighted by molar-refractivity contribution is 5.90. The molecule has 1 N–H and O–H groups in total. The summed E-state index contributed by atoms with van der Waals surface area (Å²) in [5.41, 5.74) is 1.36. The molecule has 6 heteroatoms. The van der Waals surface area contributed by atoms with Crippen LogP contribution < -0.4 is 0 Å². The zero-order chi connectivity index (χ0) is 10.4. The number of hydrogen-bond acceptors (Lipinski definition) is 4. The van der Waals surface area contributed by atoms with Gasteiger partial charge in [0.2, 0.25) is 0 Å². The van der Waals surface area contributed by atoms with Gasteiger partial charge >= 0.3 is 5.97 Å². The summed E-state index contributed by atoms with van der Waals surface area (Å²) >= 11 is 0. The van der Waals surface area contributed by atoms with Crippen molar-refractivity contribution in [2.24, 2.45) is 0 Å². The zero-order valence-corrected chi connectivity index (χ0v) is 7.79. The van der Waals surface area contributed by atoms with Crippen LogP contribution in [0.5, 0.6) is 0 Å². The molecule has 0 unspecified atom stereocenters. The average Bonchev–Trinajstić information content (AvgIpc) is 2.98. The molecule has 0 aliphatic heterocycles. The van der Waals surface area contributed by atoms with Gasteiger partial charge in [0.25, 0.3) is 0 Å².